The number of fused-ring (bicyclic) bond motifs is 1. The molecule has 14 heteroatoms. The number of thioether (sulfide) groups is 1. The van der Waals surface area contributed by atoms with E-state index >= 15 is 0 Å². The molecule has 0 radical (unpaired) electrons. The quantitative estimate of drug-likeness (QED) is 0.201. The lowest BCUT2D eigenvalue weighted by molar-refractivity contribution is -0.155. The van der Waals surface area contributed by atoms with Gasteiger partial charge in [0.25, 0.3) is 11.8 Å². The average molecular weight is 461 g/mol. The maximum Gasteiger partial charge on any atom is 0.353 e. The molecule has 1 saturated heterocycles. The molecular weight excluding hydrogens is 446 g/mol. The van der Waals surface area contributed by atoms with Crippen LogP contribution in [0.4, 0.5) is 5.13 Å². The van der Waals surface area contributed by atoms with E-state index in [2.05, 4.69) is 24.8 Å². The lowest BCUT2D eigenvalue weighted by atomic mass is 9.86. The van der Waals surface area contributed by atoms with E-state index in [1.165, 1.54) is 16.7 Å². The lowest BCUT2D eigenvalue weighted by Crippen LogP contribution is -2.72. The Hall–Kier alpha value is -3.52. The van der Waals surface area contributed by atoms with Gasteiger partial charge in [0, 0.05) is 22.6 Å². The van der Waals surface area contributed by atoms with E-state index in [1.54, 1.807) is 24.4 Å². The molecule has 4 rings (SSSR count). The van der Waals surface area contributed by atoms with Gasteiger partial charge in [0.05, 0.1) is 6.04 Å². The molecular formula is C17H15N7O5S2. The number of pyridine rings is 1. The van der Waals surface area contributed by atoms with Crippen LogP contribution in [0.3, 0.4) is 0 Å². The highest BCUT2D eigenvalue weighted by Gasteiger charge is 2.53. The molecule has 160 valence electrons. The number of aliphatic carboxylic acids is 1. The molecule has 1 fully saturated rings. The monoisotopic (exact) mass is 461 g/mol. The number of β-lactam (4-membered cyclic amide) rings is 1. The van der Waals surface area contributed by atoms with E-state index in [-0.39, 0.29) is 16.7 Å². The summed E-state index contributed by atoms with van der Waals surface area (Å²) in [6, 6.07) is 3.78. The average Bonchev–Trinajstić information content (AvgIpc) is 3.18. The van der Waals surface area contributed by atoms with Crippen molar-refractivity contribution in [2.45, 2.75) is 30.0 Å². The van der Waals surface area contributed by atoms with Crippen molar-refractivity contribution in [1.29, 1.82) is 0 Å². The standard InChI is InChI=1S/C17H15N7O5S2/c18-17-21-13(23-31-17)11(22-29)14(25)20-10-7-4-5-8(30-9-3-1-2-6-19-9)12(16(27)28)24(7)15(10)26/h1-3,6-7,10,29H,4-5H2,(H,20,25)(H,27,28)(H2,18,21,23)/b22-11-/t7-,10+/m1/s1. The van der Waals surface area contributed by atoms with Gasteiger partial charge in [0.15, 0.2) is 5.13 Å². The van der Waals surface area contributed by atoms with Crippen molar-refractivity contribution in [2.75, 3.05) is 5.73 Å². The maximum atomic E-state index is 12.7. The number of nitrogen functional groups attached to an aromatic ring is 1. The molecule has 0 saturated carbocycles. The van der Waals surface area contributed by atoms with Crippen molar-refractivity contribution in [1.82, 2.24) is 24.6 Å². The predicted molar refractivity (Wildman–Crippen MR) is 109 cm³/mol. The van der Waals surface area contributed by atoms with Crippen molar-refractivity contribution < 1.29 is 24.7 Å². The van der Waals surface area contributed by atoms with Crippen LogP contribution >= 0.6 is 23.3 Å². The van der Waals surface area contributed by atoms with Crippen LogP contribution in [0.25, 0.3) is 0 Å². The van der Waals surface area contributed by atoms with Gasteiger partial charge in [-0.25, -0.2) is 9.78 Å². The molecule has 2 aliphatic heterocycles. The van der Waals surface area contributed by atoms with Crippen molar-refractivity contribution in [3.8, 4) is 0 Å². The van der Waals surface area contributed by atoms with Gasteiger partial charge in [-0.2, -0.15) is 9.36 Å². The number of nitrogens with one attached hydrogen (secondary N) is 1. The Morgan fingerprint density at radius 2 is 2.19 bits per heavy atom. The minimum atomic E-state index is -1.24. The van der Waals surface area contributed by atoms with Crippen LogP contribution in [0.5, 0.6) is 0 Å². The number of carboxylic acid groups (broad SMARTS) is 1. The normalized spacial score (nSPS) is 20.8. The Kier molecular flexibility index (Phi) is 5.56. The summed E-state index contributed by atoms with van der Waals surface area (Å²) in [6.07, 6.45) is 2.44. The summed E-state index contributed by atoms with van der Waals surface area (Å²) in [7, 11) is 0. The number of hydrogen-bond donors (Lipinski definition) is 4. The molecule has 5 N–H and O–H groups in total. The molecule has 0 unspecified atom stereocenters. The van der Waals surface area contributed by atoms with Crippen LogP contribution < -0.4 is 11.1 Å². The van der Waals surface area contributed by atoms with Gasteiger partial charge in [-0.3, -0.25) is 14.5 Å². The second kappa shape index (κ2) is 8.31. The zero-order valence-electron chi connectivity index (χ0n) is 15.6. The number of anilines is 1. The van der Waals surface area contributed by atoms with Crippen molar-refractivity contribution in [3.63, 3.8) is 0 Å². The van der Waals surface area contributed by atoms with E-state index < -0.39 is 35.6 Å². The molecule has 2 aliphatic rings. The number of nitrogens with two attached hydrogens (primary N) is 1. The van der Waals surface area contributed by atoms with Crippen molar-refractivity contribution in [2.24, 2.45) is 5.16 Å². The predicted octanol–water partition coefficient (Wildman–Crippen LogP) is 0.272. The molecule has 2 aromatic heterocycles. The Morgan fingerprint density at radius 3 is 2.81 bits per heavy atom. The van der Waals surface area contributed by atoms with E-state index in [4.69, 9.17) is 5.73 Å². The zero-order chi connectivity index (χ0) is 22.1. The van der Waals surface area contributed by atoms with Crippen LogP contribution in [-0.4, -0.2) is 65.1 Å². The third kappa shape index (κ3) is 3.82. The van der Waals surface area contributed by atoms with Crippen LogP contribution in [-0.2, 0) is 14.4 Å². The first-order valence-electron chi connectivity index (χ1n) is 8.91. The van der Waals surface area contributed by atoms with Gasteiger partial charge in [-0.1, -0.05) is 23.0 Å². The first-order chi connectivity index (χ1) is 14.9. The minimum Gasteiger partial charge on any atom is -0.477 e. The molecule has 31 heavy (non-hydrogen) atoms. The number of aromatic nitrogens is 3. The third-order valence-corrected chi connectivity index (χ3v) is 6.35. The molecule has 12 nitrogen and oxygen atoms in total. The van der Waals surface area contributed by atoms with Crippen LogP contribution in [0.1, 0.15) is 18.7 Å². The molecule has 0 aliphatic carbocycles. The number of allylic oxidation sites excluding steroid dienone is 1. The Bertz CT molecular complexity index is 1120. The summed E-state index contributed by atoms with van der Waals surface area (Å²) < 4.78 is 3.81. The summed E-state index contributed by atoms with van der Waals surface area (Å²) in [5.41, 5.74) is 4.87. The third-order valence-electron chi connectivity index (χ3n) is 4.72. The Labute approximate surface area is 183 Å². The molecule has 0 spiro atoms. The SMILES string of the molecule is Nc1nc(/C(=N/O)C(=O)N[C@@H]2C(=O)N3C(C(=O)O)=C(Sc4ccccn4)CC[C@H]23)ns1. The Balaban J connectivity index is 1.52. The second-order valence-electron chi connectivity index (χ2n) is 6.52. The van der Waals surface area contributed by atoms with Gasteiger partial charge in [-0.15, -0.1) is 0 Å². The van der Waals surface area contributed by atoms with Crippen LogP contribution in [0.2, 0.25) is 0 Å². The van der Waals surface area contributed by atoms with Gasteiger partial charge in [0.1, 0.15) is 16.8 Å². The number of rotatable bonds is 6. The lowest BCUT2D eigenvalue weighted by Gasteiger charge is -2.50. The number of oxime groups is 1. The van der Waals surface area contributed by atoms with Gasteiger partial charge < -0.3 is 21.4 Å². The van der Waals surface area contributed by atoms with Crippen LogP contribution in [0.15, 0.2) is 45.2 Å². The molecule has 2 aromatic rings. The van der Waals surface area contributed by atoms with Gasteiger partial charge in [-0.05, 0) is 25.0 Å². The van der Waals surface area contributed by atoms with E-state index in [0.29, 0.717) is 22.8 Å². The Morgan fingerprint density at radius 1 is 1.39 bits per heavy atom. The number of carboxylic acids is 1. The fourth-order valence-corrected chi connectivity index (χ4v) is 4.84. The first kappa shape index (κ1) is 20.7. The summed E-state index contributed by atoms with van der Waals surface area (Å²) in [5, 5.41) is 25.0. The second-order valence-corrected chi connectivity index (χ2v) is 8.42. The fraction of sp³-hybridized carbons (Fsp3) is 0.235. The molecule has 4 heterocycles. The topological polar surface area (TPSA) is 184 Å². The summed E-state index contributed by atoms with van der Waals surface area (Å²) in [4.78, 5) is 46.8. The number of carbonyl (C=O) groups is 3. The van der Waals surface area contributed by atoms with Crippen molar-refractivity contribution in [3.05, 3.63) is 40.8 Å². The summed E-state index contributed by atoms with van der Waals surface area (Å²) >= 11 is 2.01. The minimum absolute atomic E-state index is 0.0799. The summed E-state index contributed by atoms with van der Waals surface area (Å²) in [5.74, 6) is -2.85. The van der Waals surface area contributed by atoms with Gasteiger partial charge in [0.2, 0.25) is 11.5 Å². The molecule has 0 bridgehead atoms. The molecule has 0 aromatic carbocycles. The smallest absolute Gasteiger partial charge is 0.353 e. The van der Waals surface area contributed by atoms with E-state index in [9.17, 15) is 24.7 Å². The molecule has 2 amide bonds. The van der Waals surface area contributed by atoms with Crippen LogP contribution in [0, 0.1) is 0 Å². The maximum absolute atomic E-state index is 12.7. The number of amides is 2. The van der Waals surface area contributed by atoms with Crippen molar-refractivity contribution >= 4 is 51.9 Å². The molecule has 2 atom stereocenters. The summed E-state index contributed by atoms with van der Waals surface area (Å²) in [6.45, 7) is 0. The number of carbonyl (C=O) groups excluding carboxylic acids is 2. The highest BCUT2D eigenvalue weighted by molar-refractivity contribution is 8.03. The zero-order valence-corrected chi connectivity index (χ0v) is 17.3. The van der Waals surface area contributed by atoms with Gasteiger partial charge >= 0.3 is 5.97 Å². The fourth-order valence-electron chi connectivity index (χ4n) is 3.39. The first-order valence-corrected chi connectivity index (χ1v) is 10.5. The number of nitrogens with zero attached hydrogens (tertiary/aromatic N) is 5. The van der Waals surface area contributed by atoms with E-state index in [1.807, 2.05) is 0 Å². The highest BCUT2D eigenvalue weighted by Crippen LogP contribution is 2.42. The largest absolute Gasteiger partial charge is 0.477 e. The van der Waals surface area contributed by atoms with E-state index in [0.717, 1.165) is 11.5 Å². The highest BCUT2D eigenvalue weighted by atomic mass is 32.2. The number of hydrogen-bond acceptors (Lipinski definition) is 11.